The predicted octanol–water partition coefficient (Wildman–Crippen LogP) is 2.84. The number of hydrogen-bond acceptors (Lipinski definition) is 3. The lowest BCUT2D eigenvalue weighted by Gasteiger charge is -2.06. The van der Waals surface area contributed by atoms with E-state index in [4.69, 9.17) is 0 Å². The second-order valence-electron chi connectivity index (χ2n) is 4.64. The molecule has 0 aliphatic rings. The number of aromatic nitrogens is 3. The number of benzene rings is 1. The molecule has 1 aromatic carbocycles. The number of rotatable bonds is 5. The minimum Gasteiger partial charge on any atom is -0.342 e. The van der Waals surface area contributed by atoms with Crippen LogP contribution in [0.3, 0.4) is 0 Å². The summed E-state index contributed by atoms with van der Waals surface area (Å²) in [4.78, 5) is 14.8. The van der Waals surface area contributed by atoms with Gasteiger partial charge < -0.3 is 9.13 Å². The zero-order chi connectivity index (χ0) is 13.9. The Labute approximate surface area is 115 Å². The number of hydrogen-bond donors (Lipinski definition) is 0. The molecule has 0 saturated heterocycles. The second kappa shape index (κ2) is 5.16. The highest BCUT2D eigenvalue weighted by molar-refractivity contribution is 5.88. The first-order chi connectivity index (χ1) is 9.75. The summed E-state index contributed by atoms with van der Waals surface area (Å²) in [5.41, 5.74) is 0.860. The molecule has 6 heteroatoms. The monoisotopic (exact) mass is 270 g/mol. The molecular weight excluding hydrogens is 256 g/mol. The molecule has 0 saturated carbocycles. The van der Waals surface area contributed by atoms with E-state index >= 15 is 0 Å². The molecule has 0 aliphatic heterocycles. The number of nitro benzene ring substituents is 1. The van der Waals surface area contributed by atoms with Gasteiger partial charge >= 0.3 is 0 Å². The van der Waals surface area contributed by atoms with Gasteiger partial charge in [0, 0.05) is 43.1 Å². The summed E-state index contributed by atoms with van der Waals surface area (Å²) >= 11 is 0. The van der Waals surface area contributed by atoms with Crippen molar-refractivity contribution in [2.75, 3.05) is 0 Å². The Balaban J connectivity index is 1.82. The molecule has 20 heavy (non-hydrogen) atoms. The van der Waals surface area contributed by atoms with Crippen LogP contribution in [-0.4, -0.2) is 19.0 Å². The van der Waals surface area contributed by atoms with E-state index in [1.165, 1.54) is 0 Å². The first-order valence-corrected chi connectivity index (χ1v) is 6.44. The third kappa shape index (κ3) is 2.27. The lowest BCUT2D eigenvalue weighted by atomic mass is 10.2. The fourth-order valence-corrected chi connectivity index (χ4v) is 2.42. The van der Waals surface area contributed by atoms with Crippen LogP contribution in [0.1, 0.15) is 6.42 Å². The first-order valence-electron chi connectivity index (χ1n) is 6.44. The summed E-state index contributed by atoms with van der Waals surface area (Å²) in [6, 6.07) is 7.08. The van der Waals surface area contributed by atoms with E-state index in [1.54, 1.807) is 24.7 Å². The maximum atomic E-state index is 11.1. The van der Waals surface area contributed by atoms with Crippen molar-refractivity contribution < 1.29 is 4.92 Å². The maximum Gasteiger partial charge on any atom is 0.293 e. The van der Waals surface area contributed by atoms with E-state index in [0.717, 1.165) is 24.9 Å². The summed E-state index contributed by atoms with van der Waals surface area (Å²) in [5, 5.41) is 12.0. The molecule has 0 bridgehead atoms. The van der Waals surface area contributed by atoms with Crippen molar-refractivity contribution in [3.05, 3.63) is 59.3 Å². The topological polar surface area (TPSA) is 65.9 Å². The van der Waals surface area contributed by atoms with Gasteiger partial charge in [0.1, 0.15) is 5.52 Å². The van der Waals surface area contributed by atoms with E-state index in [0.29, 0.717) is 5.52 Å². The minimum absolute atomic E-state index is 0.162. The SMILES string of the molecule is O=[N+]([O-])c1cccc2ccn(CCCn3ccnc3)c12. The summed E-state index contributed by atoms with van der Waals surface area (Å²) < 4.78 is 3.95. The van der Waals surface area contributed by atoms with Crippen LogP contribution in [0.4, 0.5) is 5.69 Å². The summed E-state index contributed by atoms with van der Waals surface area (Å²) in [6.45, 7) is 1.59. The van der Waals surface area contributed by atoms with Gasteiger partial charge in [-0.2, -0.15) is 0 Å². The Morgan fingerprint density at radius 2 is 2.10 bits per heavy atom. The van der Waals surface area contributed by atoms with Crippen molar-refractivity contribution in [1.29, 1.82) is 0 Å². The van der Waals surface area contributed by atoms with Gasteiger partial charge in [0.15, 0.2) is 0 Å². The van der Waals surface area contributed by atoms with E-state index < -0.39 is 0 Å². The van der Waals surface area contributed by atoms with Crippen LogP contribution in [0.25, 0.3) is 10.9 Å². The largest absolute Gasteiger partial charge is 0.342 e. The van der Waals surface area contributed by atoms with Gasteiger partial charge in [-0.3, -0.25) is 10.1 Å². The number of imidazole rings is 1. The van der Waals surface area contributed by atoms with Crippen molar-refractivity contribution >= 4 is 16.6 Å². The van der Waals surface area contributed by atoms with Crippen LogP contribution in [0, 0.1) is 10.1 Å². The molecule has 0 radical (unpaired) electrons. The van der Waals surface area contributed by atoms with E-state index in [1.807, 2.05) is 33.7 Å². The van der Waals surface area contributed by atoms with Crippen molar-refractivity contribution in [2.24, 2.45) is 0 Å². The van der Waals surface area contributed by atoms with Gasteiger partial charge in [0.25, 0.3) is 5.69 Å². The number of non-ortho nitro benzene ring substituents is 1. The minimum atomic E-state index is -0.325. The van der Waals surface area contributed by atoms with Crippen molar-refractivity contribution in [3.8, 4) is 0 Å². The predicted molar refractivity (Wildman–Crippen MR) is 75.4 cm³/mol. The molecule has 0 N–H and O–H groups in total. The second-order valence-corrected chi connectivity index (χ2v) is 4.64. The Morgan fingerprint density at radius 1 is 1.20 bits per heavy atom. The molecule has 3 aromatic rings. The smallest absolute Gasteiger partial charge is 0.293 e. The summed E-state index contributed by atoms with van der Waals surface area (Å²) in [5.74, 6) is 0. The summed E-state index contributed by atoms with van der Waals surface area (Å²) in [7, 11) is 0. The third-order valence-corrected chi connectivity index (χ3v) is 3.34. The lowest BCUT2D eigenvalue weighted by Crippen LogP contribution is -2.03. The quantitative estimate of drug-likeness (QED) is 0.529. The zero-order valence-electron chi connectivity index (χ0n) is 10.8. The number of nitrogens with zero attached hydrogens (tertiary/aromatic N) is 4. The van der Waals surface area contributed by atoms with Gasteiger partial charge in [-0.15, -0.1) is 0 Å². The average Bonchev–Trinajstić information content (AvgIpc) is 3.08. The van der Waals surface area contributed by atoms with Crippen molar-refractivity contribution in [3.63, 3.8) is 0 Å². The fraction of sp³-hybridized carbons (Fsp3) is 0.214. The van der Waals surface area contributed by atoms with Crippen molar-refractivity contribution in [1.82, 2.24) is 14.1 Å². The Hall–Kier alpha value is -2.63. The van der Waals surface area contributed by atoms with Gasteiger partial charge in [-0.1, -0.05) is 12.1 Å². The highest BCUT2D eigenvalue weighted by Crippen LogP contribution is 2.26. The van der Waals surface area contributed by atoms with E-state index in [9.17, 15) is 10.1 Å². The molecule has 0 amide bonds. The van der Waals surface area contributed by atoms with E-state index in [2.05, 4.69) is 4.98 Å². The molecule has 6 nitrogen and oxygen atoms in total. The molecule has 0 fully saturated rings. The maximum absolute atomic E-state index is 11.1. The highest BCUT2D eigenvalue weighted by atomic mass is 16.6. The van der Waals surface area contributed by atoms with Gasteiger partial charge in [0.05, 0.1) is 11.3 Å². The van der Waals surface area contributed by atoms with E-state index in [-0.39, 0.29) is 10.6 Å². The molecule has 0 aliphatic carbocycles. The molecule has 2 aromatic heterocycles. The zero-order valence-corrected chi connectivity index (χ0v) is 10.8. The molecule has 3 rings (SSSR count). The van der Waals surface area contributed by atoms with Crippen LogP contribution < -0.4 is 0 Å². The average molecular weight is 270 g/mol. The first kappa shape index (κ1) is 12.4. The Morgan fingerprint density at radius 3 is 2.85 bits per heavy atom. The Bertz CT molecular complexity index is 731. The number of aryl methyl sites for hydroxylation is 2. The molecular formula is C14H14N4O2. The normalized spacial score (nSPS) is 11.0. The van der Waals surface area contributed by atoms with Crippen LogP contribution in [0.5, 0.6) is 0 Å². The number of nitro groups is 1. The third-order valence-electron chi connectivity index (χ3n) is 3.34. The standard InChI is InChI=1S/C14H14N4O2/c19-18(20)13-4-1-3-12-5-9-17(14(12)13)8-2-7-16-10-6-15-11-16/h1,3-6,9-11H,2,7-8H2. The molecule has 2 heterocycles. The molecule has 0 spiro atoms. The highest BCUT2D eigenvalue weighted by Gasteiger charge is 2.14. The van der Waals surface area contributed by atoms with Crippen molar-refractivity contribution in [2.45, 2.75) is 19.5 Å². The van der Waals surface area contributed by atoms with Crippen LogP contribution in [0.2, 0.25) is 0 Å². The van der Waals surface area contributed by atoms with Gasteiger partial charge in [-0.25, -0.2) is 4.98 Å². The number of fused-ring (bicyclic) bond motifs is 1. The number of para-hydroxylation sites is 1. The summed E-state index contributed by atoms with van der Waals surface area (Å²) in [6.07, 6.45) is 8.24. The molecule has 102 valence electrons. The van der Waals surface area contributed by atoms with Crippen LogP contribution >= 0.6 is 0 Å². The van der Waals surface area contributed by atoms with Crippen LogP contribution in [-0.2, 0) is 13.1 Å². The molecule has 0 unspecified atom stereocenters. The van der Waals surface area contributed by atoms with Gasteiger partial charge in [0.2, 0.25) is 0 Å². The molecule has 0 atom stereocenters. The fourth-order valence-electron chi connectivity index (χ4n) is 2.42. The van der Waals surface area contributed by atoms with Crippen LogP contribution in [0.15, 0.2) is 49.2 Å². The Kier molecular flexibility index (Phi) is 3.20. The lowest BCUT2D eigenvalue weighted by molar-refractivity contribution is -0.383. The van der Waals surface area contributed by atoms with Gasteiger partial charge in [-0.05, 0) is 12.5 Å².